The first-order valence-electron chi connectivity index (χ1n) is 10.1. The van der Waals surface area contributed by atoms with Crippen LogP contribution >= 0.6 is 0 Å². The molecule has 0 aliphatic carbocycles. The van der Waals surface area contributed by atoms with E-state index in [0.29, 0.717) is 16.8 Å². The highest BCUT2D eigenvalue weighted by atomic mass is 19.3. The van der Waals surface area contributed by atoms with Crippen LogP contribution in [-0.4, -0.2) is 38.1 Å². The molecule has 4 N–H and O–H groups in total. The third-order valence-electron chi connectivity index (χ3n) is 5.35. The van der Waals surface area contributed by atoms with Crippen molar-refractivity contribution < 1.29 is 27.5 Å². The van der Waals surface area contributed by atoms with Crippen molar-refractivity contribution in [1.29, 1.82) is 0 Å². The number of nitrogens with two attached hydrogens (primary N) is 1. The summed E-state index contributed by atoms with van der Waals surface area (Å²) in [7, 11) is 0. The van der Waals surface area contributed by atoms with Crippen molar-refractivity contribution in [2.75, 3.05) is 12.3 Å². The number of aliphatic hydroxyl groups excluding tert-OH is 1. The highest BCUT2D eigenvalue weighted by Gasteiger charge is 2.40. The highest BCUT2D eigenvalue weighted by Crippen LogP contribution is 2.31. The van der Waals surface area contributed by atoms with Gasteiger partial charge < -0.3 is 16.2 Å². The lowest BCUT2D eigenvalue weighted by Gasteiger charge is -2.23. The number of carbonyl (C=O) groups is 1. The van der Waals surface area contributed by atoms with Crippen LogP contribution in [0, 0.1) is 18.6 Å². The summed E-state index contributed by atoms with van der Waals surface area (Å²) in [5.74, 6) is -6.01. The third kappa shape index (κ3) is 4.55. The zero-order valence-corrected chi connectivity index (χ0v) is 17.8. The molecule has 0 fully saturated rings. The van der Waals surface area contributed by atoms with Gasteiger partial charge in [0.25, 0.3) is 11.8 Å². The molecule has 176 valence electrons. The molecule has 2 heterocycles. The highest BCUT2D eigenvalue weighted by molar-refractivity contribution is 5.97. The first kappa shape index (κ1) is 23.2. The van der Waals surface area contributed by atoms with Gasteiger partial charge >= 0.3 is 0 Å². The number of nitrogens with zero attached hydrogens (tertiary/aromatic N) is 3. The van der Waals surface area contributed by atoms with E-state index in [2.05, 4.69) is 10.1 Å². The molecule has 0 aliphatic heterocycles. The Morgan fingerprint density at radius 3 is 2.56 bits per heavy atom. The Morgan fingerprint density at radius 2 is 1.85 bits per heavy atom. The molecule has 4 rings (SSSR count). The molecule has 34 heavy (non-hydrogen) atoms. The number of anilines is 1. The van der Waals surface area contributed by atoms with Crippen LogP contribution in [0.3, 0.4) is 0 Å². The summed E-state index contributed by atoms with van der Waals surface area (Å²) in [5, 5.41) is 16.0. The minimum Gasteiger partial charge on any atom is -0.382 e. The van der Waals surface area contributed by atoms with Crippen molar-refractivity contribution >= 4 is 17.5 Å². The smallest absolute Gasteiger partial charge is 0.294 e. The van der Waals surface area contributed by atoms with Gasteiger partial charge in [-0.2, -0.15) is 4.98 Å². The Balaban J connectivity index is 1.56. The fraction of sp³-hybridized carbons (Fsp3) is 0.174. The number of carbonyl (C=O) groups excluding carboxylic acids is 1. The molecule has 4 aromatic rings. The molecule has 0 aliphatic rings. The van der Waals surface area contributed by atoms with Gasteiger partial charge in [0, 0.05) is 11.8 Å². The minimum atomic E-state index is -3.77. The van der Waals surface area contributed by atoms with Crippen molar-refractivity contribution in [2.45, 2.75) is 19.0 Å². The van der Waals surface area contributed by atoms with E-state index < -0.39 is 36.1 Å². The summed E-state index contributed by atoms with van der Waals surface area (Å²) in [4.78, 5) is 16.7. The summed E-state index contributed by atoms with van der Waals surface area (Å²) in [6.45, 7) is 0.128. The van der Waals surface area contributed by atoms with Gasteiger partial charge in [-0.3, -0.25) is 4.79 Å². The molecule has 2 aromatic heterocycles. The molecule has 0 radical (unpaired) electrons. The second-order valence-electron chi connectivity index (χ2n) is 7.72. The number of halogens is 4. The summed E-state index contributed by atoms with van der Waals surface area (Å²) >= 11 is 0. The first-order valence-corrected chi connectivity index (χ1v) is 10.1. The average molecular weight is 473 g/mol. The van der Waals surface area contributed by atoms with E-state index in [0.717, 1.165) is 24.3 Å². The van der Waals surface area contributed by atoms with Crippen LogP contribution < -0.4 is 11.1 Å². The summed E-state index contributed by atoms with van der Waals surface area (Å²) in [5.41, 5.74) is 6.39. The summed E-state index contributed by atoms with van der Waals surface area (Å²) < 4.78 is 58.0. The Kier molecular flexibility index (Phi) is 5.96. The molecule has 7 nitrogen and oxygen atoms in total. The number of benzene rings is 2. The number of aromatic nitrogens is 3. The number of pyridine rings is 1. The van der Waals surface area contributed by atoms with E-state index in [-0.39, 0.29) is 22.6 Å². The summed E-state index contributed by atoms with van der Waals surface area (Å²) in [6.07, 6.45) is -0.719. The first-order chi connectivity index (χ1) is 16.0. The summed E-state index contributed by atoms with van der Waals surface area (Å²) in [6, 6.07) is 9.71. The Bertz CT molecular complexity index is 1370. The van der Waals surface area contributed by atoms with Crippen molar-refractivity contribution in [1.82, 2.24) is 19.9 Å². The van der Waals surface area contributed by atoms with Gasteiger partial charge in [-0.1, -0.05) is 12.1 Å². The molecular weight excluding hydrogens is 454 g/mol. The van der Waals surface area contributed by atoms with E-state index in [1.807, 2.05) is 5.32 Å². The monoisotopic (exact) mass is 473 g/mol. The van der Waals surface area contributed by atoms with Crippen LogP contribution in [-0.2, 0) is 0 Å². The molecule has 0 saturated heterocycles. The van der Waals surface area contributed by atoms with Gasteiger partial charge in [0.05, 0.1) is 6.54 Å². The lowest BCUT2D eigenvalue weighted by Crippen LogP contribution is -2.41. The molecule has 1 amide bonds. The zero-order chi connectivity index (χ0) is 24.6. The van der Waals surface area contributed by atoms with Crippen molar-refractivity contribution in [3.63, 3.8) is 0 Å². The van der Waals surface area contributed by atoms with Gasteiger partial charge in [0.2, 0.25) is 5.95 Å². The van der Waals surface area contributed by atoms with Crippen LogP contribution in [0.4, 0.5) is 23.5 Å². The van der Waals surface area contributed by atoms with Crippen LogP contribution in [0.1, 0.15) is 27.6 Å². The maximum Gasteiger partial charge on any atom is 0.294 e. The number of aliphatic hydroxyl groups is 1. The van der Waals surface area contributed by atoms with E-state index in [1.54, 1.807) is 18.3 Å². The van der Waals surface area contributed by atoms with Crippen molar-refractivity contribution in [3.05, 3.63) is 83.1 Å². The van der Waals surface area contributed by atoms with Crippen LogP contribution in [0.5, 0.6) is 0 Å². The number of alkyl halides is 2. The van der Waals surface area contributed by atoms with E-state index in [4.69, 9.17) is 5.73 Å². The number of amides is 1. The lowest BCUT2D eigenvalue weighted by atomic mass is 9.99. The van der Waals surface area contributed by atoms with Crippen molar-refractivity contribution in [2.24, 2.45) is 0 Å². The number of hydrogen-bond acceptors (Lipinski definition) is 5. The molecule has 0 bridgehead atoms. The standard InChI is InChI=1S/C23H19F4N5O2/c1-12-17(21(34)29-11-23(26,27)20(33)13-2-4-16(24)5-3-13)8-15(9-18(12)25)14-6-7-32-19(10-14)30-22(28)31-32/h2-10,20,33H,11H2,1H3,(H2,28,31)(H,29,34). The molecule has 2 aromatic carbocycles. The Morgan fingerprint density at radius 1 is 1.15 bits per heavy atom. The Hall–Kier alpha value is -3.99. The second-order valence-corrected chi connectivity index (χ2v) is 7.72. The number of rotatable bonds is 6. The largest absolute Gasteiger partial charge is 0.382 e. The van der Waals surface area contributed by atoms with E-state index in [9.17, 15) is 27.5 Å². The number of nitrogens with one attached hydrogen (secondary N) is 1. The molecule has 0 spiro atoms. The second kappa shape index (κ2) is 8.75. The fourth-order valence-electron chi connectivity index (χ4n) is 3.44. The van der Waals surface area contributed by atoms with Gasteiger partial charge in [0.1, 0.15) is 17.7 Å². The number of hydrogen-bond donors (Lipinski definition) is 3. The van der Waals surface area contributed by atoms with Crippen molar-refractivity contribution in [3.8, 4) is 11.1 Å². The predicted molar refractivity (Wildman–Crippen MR) is 116 cm³/mol. The van der Waals surface area contributed by atoms with E-state index >= 15 is 0 Å². The number of fused-ring (bicyclic) bond motifs is 1. The maximum atomic E-state index is 14.6. The topological polar surface area (TPSA) is 106 Å². The quantitative estimate of drug-likeness (QED) is 0.371. The normalized spacial score (nSPS) is 12.6. The molecule has 1 atom stereocenters. The maximum absolute atomic E-state index is 14.6. The molecule has 0 saturated carbocycles. The lowest BCUT2D eigenvalue weighted by molar-refractivity contribution is -0.106. The number of nitrogen functional groups attached to an aromatic ring is 1. The van der Waals surface area contributed by atoms with Crippen LogP contribution in [0.2, 0.25) is 0 Å². The van der Waals surface area contributed by atoms with Crippen LogP contribution in [0.15, 0.2) is 54.7 Å². The fourth-order valence-corrected chi connectivity index (χ4v) is 3.44. The van der Waals surface area contributed by atoms with Gasteiger partial charge in [-0.05, 0) is 65.6 Å². The SMILES string of the molecule is Cc1c(F)cc(-c2ccn3nc(N)nc3c2)cc1C(=O)NCC(F)(F)C(O)c1ccc(F)cc1. The zero-order valence-electron chi connectivity index (χ0n) is 17.8. The average Bonchev–Trinajstić information content (AvgIpc) is 3.18. The minimum absolute atomic E-state index is 0.0311. The third-order valence-corrected chi connectivity index (χ3v) is 5.35. The predicted octanol–water partition coefficient (Wildman–Crippen LogP) is 3.66. The Labute approximate surface area is 190 Å². The van der Waals surface area contributed by atoms with Gasteiger partial charge in [-0.25, -0.2) is 22.1 Å². The molecule has 11 heteroatoms. The molecular formula is C23H19F4N5O2. The molecule has 1 unspecified atom stereocenters. The van der Waals surface area contributed by atoms with Gasteiger partial charge in [0.15, 0.2) is 5.65 Å². The van der Waals surface area contributed by atoms with Gasteiger partial charge in [-0.15, -0.1) is 5.10 Å². The van der Waals surface area contributed by atoms with Crippen LogP contribution in [0.25, 0.3) is 16.8 Å². The van der Waals surface area contributed by atoms with E-state index in [1.165, 1.54) is 23.6 Å².